The van der Waals surface area contributed by atoms with Gasteiger partial charge >= 0.3 is 0 Å². The molecule has 1 aromatic heterocycles. The fourth-order valence-corrected chi connectivity index (χ4v) is 5.13. The van der Waals surface area contributed by atoms with Crippen LogP contribution in [0.3, 0.4) is 0 Å². The Balaban J connectivity index is 1.42. The molecule has 1 aliphatic heterocycles. The molecule has 0 spiro atoms. The number of nitrogens with one attached hydrogen (secondary N) is 2. The molecule has 2 saturated carbocycles. The SMILES string of the molecule is O=C(Nc1nccs1)[C@H](CC1CCCCC1)N1CCN(C(=S)NC2CC2)CC1=O. The van der Waals surface area contributed by atoms with Crippen molar-refractivity contribution in [3.63, 3.8) is 0 Å². The highest BCUT2D eigenvalue weighted by molar-refractivity contribution is 7.80. The Bertz CT molecular complexity index is 731. The molecule has 1 saturated heterocycles. The summed E-state index contributed by atoms with van der Waals surface area (Å²) in [7, 11) is 0. The van der Waals surface area contributed by atoms with E-state index in [1.807, 2.05) is 10.3 Å². The van der Waals surface area contributed by atoms with Crippen LogP contribution in [0.2, 0.25) is 0 Å². The van der Waals surface area contributed by atoms with Gasteiger partial charge < -0.3 is 20.4 Å². The van der Waals surface area contributed by atoms with Crippen molar-refractivity contribution in [3.05, 3.63) is 11.6 Å². The van der Waals surface area contributed by atoms with E-state index in [0.717, 1.165) is 32.1 Å². The monoisotopic (exact) mass is 435 g/mol. The number of anilines is 1. The molecule has 3 fully saturated rings. The third-order valence-electron chi connectivity index (χ3n) is 6.07. The molecule has 2 N–H and O–H groups in total. The maximum absolute atomic E-state index is 13.1. The number of amides is 2. The highest BCUT2D eigenvalue weighted by Crippen LogP contribution is 2.30. The topological polar surface area (TPSA) is 77.6 Å². The van der Waals surface area contributed by atoms with Crippen LogP contribution in [0.4, 0.5) is 5.13 Å². The molecule has 4 rings (SSSR count). The van der Waals surface area contributed by atoms with Gasteiger partial charge in [0.25, 0.3) is 0 Å². The molecule has 3 aliphatic rings. The van der Waals surface area contributed by atoms with Crippen LogP contribution in [-0.4, -0.2) is 63.4 Å². The van der Waals surface area contributed by atoms with Gasteiger partial charge in [-0.25, -0.2) is 4.98 Å². The van der Waals surface area contributed by atoms with Gasteiger partial charge in [-0.15, -0.1) is 11.3 Å². The Morgan fingerprint density at radius 1 is 1.24 bits per heavy atom. The van der Waals surface area contributed by atoms with Crippen LogP contribution in [0.5, 0.6) is 0 Å². The molecule has 9 heteroatoms. The first-order chi connectivity index (χ1) is 14.1. The summed E-state index contributed by atoms with van der Waals surface area (Å²) in [6.07, 6.45) is 10.7. The van der Waals surface area contributed by atoms with Crippen molar-refractivity contribution < 1.29 is 9.59 Å². The summed E-state index contributed by atoms with van der Waals surface area (Å²) >= 11 is 6.86. The Hall–Kier alpha value is -1.74. The highest BCUT2D eigenvalue weighted by atomic mass is 32.1. The number of hydrogen-bond acceptors (Lipinski definition) is 5. The molecule has 2 aliphatic carbocycles. The zero-order chi connectivity index (χ0) is 20.2. The minimum absolute atomic E-state index is 0.0219. The summed E-state index contributed by atoms with van der Waals surface area (Å²) in [6, 6.07) is 0.0281. The van der Waals surface area contributed by atoms with Crippen molar-refractivity contribution in [1.29, 1.82) is 0 Å². The summed E-state index contributed by atoms with van der Waals surface area (Å²) in [5, 5.41) is 9.32. The molecular weight excluding hydrogens is 406 g/mol. The minimum Gasteiger partial charge on any atom is -0.360 e. The number of nitrogens with zero attached hydrogens (tertiary/aromatic N) is 3. The molecular formula is C20H29N5O2S2. The van der Waals surface area contributed by atoms with Crippen molar-refractivity contribution in [2.24, 2.45) is 5.92 Å². The zero-order valence-corrected chi connectivity index (χ0v) is 18.3. The summed E-state index contributed by atoms with van der Waals surface area (Å²) in [5.74, 6) is 0.358. The van der Waals surface area contributed by atoms with Gasteiger partial charge in [0.1, 0.15) is 6.04 Å². The van der Waals surface area contributed by atoms with E-state index in [-0.39, 0.29) is 18.4 Å². The van der Waals surface area contributed by atoms with E-state index < -0.39 is 6.04 Å². The Labute approximate surface area is 181 Å². The lowest BCUT2D eigenvalue weighted by atomic mass is 9.84. The zero-order valence-electron chi connectivity index (χ0n) is 16.6. The third kappa shape index (κ3) is 5.45. The largest absolute Gasteiger partial charge is 0.360 e. The van der Waals surface area contributed by atoms with E-state index in [0.29, 0.717) is 35.3 Å². The lowest BCUT2D eigenvalue weighted by Gasteiger charge is -2.40. The molecule has 7 nitrogen and oxygen atoms in total. The summed E-state index contributed by atoms with van der Waals surface area (Å²) < 4.78 is 0. The number of piperazine rings is 1. The van der Waals surface area contributed by atoms with Crippen LogP contribution < -0.4 is 10.6 Å². The fraction of sp³-hybridized carbons (Fsp3) is 0.700. The predicted octanol–water partition coefficient (Wildman–Crippen LogP) is 2.60. The van der Waals surface area contributed by atoms with Gasteiger partial charge in [0.05, 0.1) is 6.54 Å². The second-order valence-electron chi connectivity index (χ2n) is 8.31. The maximum atomic E-state index is 13.1. The van der Waals surface area contributed by atoms with Crippen molar-refractivity contribution in [2.75, 3.05) is 25.0 Å². The minimum atomic E-state index is -0.443. The second kappa shape index (κ2) is 9.38. The molecule has 1 aromatic rings. The maximum Gasteiger partial charge on any atom is 0.248 e. The van der Waals surface area contributed by atoms with E-state index in [4.69, 9.17) is 12.2 Å². The predicted molar refractivity (Wildman–Crippen MR) is 118 cm³/mol. The number of hydrogen-bond donors (Lipinski definition) is 2. The van der Waals surface area contributed by atoms with Gasteiger partial charge in [0.15, 0.2) is 10.2 Å². The van der Waals surface area contributed by atoms with E-state index in [9.17, 15) is 9.59 Å². The lowest BCUT2D eigenvalue weighted by Crippen LogP contribution is -2.59. The van der Waals surface area contributed by atoms with Gasteiger partial charge in [-0.1, -0.05) is 32.1 Å². The second-order valence-corrected chi connectivity index (χ2v) is 9.60. The first-order valence-electron chi connectivity index (χ1n) is 10.7. The molecule has 158 valence electrons. The number of thiocarbonyl (C=S) groups is 1. The van der Waals surface area contributed by atoms with Crippen LogP contribution in [-0.2, 0) is 9.59 Å². The Morgan fingerprint density at radius 3 is 2.69 bits per heavy atom. The number of aromatic nitrogens is 1. The number of thiazole rings is 1. The lowest BCUT2D eigenvalue weighted by molar-refractivity contribution is -0.142. The smallest absolute Gasteiger partial charge is 0.248 e. The number of carbonyl (C=O) groups excluding carboxylic acids is 2. The summed E-state index contributed by atoms with van der Waals surface area (Å²) in [5.41, 5.74) is 0. The van der Waals surface area contributed by atoms with Gasteiger partial charge in [0.2, 0.25) is 11.8 Å². The van der Waals surface area contributed by atoms with Gasteiger partial charge in [0, 0.05) is 30.7 Å². The molecule has 2 heterocycles. The first kappa shape index (κ1) is 20.5. The highest BCUT2D eigenvalue weighted by Gasteiger charge is 2.37. The first-order valence-corrected chi connectivity index (χ1v) is 11.9. The molecule has 0 unspecified atom stereocenters. The Morgan fingerprint density at radius 2 is 2.03 bits per heavy atom. The van der Waals surface area contributed by atoms with Crippen LogP contribution >= 0.6 is 23.6 Å². The number of carbonyl (C=O) groups is 2. The van der Waals surface area contributed by atoms with Crippen molar-refractivity contribution >= 4 is 45.6 Å². The molecule has 29 heavy (non-hydrogen) atoms. The van der Waals surface area contributed by atoms with Crippen molar-refractivity contribution in [3.8, 4) is 0 Å². The van der Waals surface area contributed by atoms with E-state index in [2.05, 4.69) is 15.6 Å². The number of rotatable bonds is 6. The Kier molecular flexibility index (Phi) is 6.64. The quantitative estimate of drug-likeness (QED) is 0.669. The summed E-state index contributed by atoms with van der Waals surface area (Å²) in [6.45, 7) is 1.42. The molecule has 1 atom stereocenters. The van der Waals surface area contributed by atoms with Gasteiger partial charge in [-0.3, -0.25) is 9.59 Å². The van der Waals surface area contributed by atoms with Crippen LogP contribution in [0.1, 0.15) is 51.4 Å². The van der Waals surface area contributed by atoms with E-state index >= 15 is 0 Å². The standard InChI is InChI=1S/C20H29N5O2S2/c26-17-13-24(20(28)22-15-6-7-15)9-10-25(17)16(12-14-4-2-1-3-5-14)18(27)23-19-21-8-11-29-19/h8,11,14-16H,1-7,9-10,12-13H2,(H,22,28)(H,21,23,27)/t16-/m0/s1. The fourth-order valence-electron chi connectivity index (χ4n) is 4.27. The molecule has 0 radical (unpaired) electrons. The van der Waals surface area contributed by atoms with Crippen molar-refractivity contribution in [1.82, 2.24) is 20.1 Å². The molecule has 2 amide bonds. The van der Waals surface area contributed by atoms with E-state index in [1.54, 1.807) is 11.1 Å². The normalized spacial score (nSPS) is 21.7. The van der Waals surface area contributed by atoms with Crippen LogP contribution in [0.25, 0.3) is 0 Å². The molecule has 0 bridgehead atoms. The van der Waals surface area contributed by atoms with E-state index in [1.165, 1.54) is 30.6 Å². The van der Waals surface area contributed by atoms with Crippen LogP contribution in [0.15, 0.2) is 11.6 Å². The van der Waals surface area contributed by atoms with Crippen LogP contribution in [0, 0.1) is 5.92 Å². The molecule has 0 aromatic carbocycles. The van der Waals surface area contributed by atoms with Crippen molar-refractivity contribution in [2.45, 2.75) is 63.5 Å². The third-order valence-corrected chi connectivity index (χ3v) is 7.14. The van der Waals surface area contributed by atoms with Gasteiger partial charge in [-0.05, 0) is 37.4 Å². The average Bonchev–Trinajstić information content (AvgIpc) is 3.39. The summed E-state index contributed by atoms with van der Waals surface area (Å²) in [4.78, 5) is 34.0. The van der Waals surface area contributed by atoms with Gasteiger partial charge in [-0.2, -0.15) is 0 Å². The average molecular weight is 436 g/mol.